The van der Waals surface area contributed by atoms with Gasteiger partial charge in [-0.3, -0.25) is 15.0 Å². The molecule has 1 heterocycles. The lowest BCUT2D eigenvalue weighted by Crippen LogP contribution is -2.39. The molecular formula is C13H13F3N2O2. The second-order valence-electron chi connectivity index (χ2n) is 4.19. The van der Waals surface area contributed by atoms with Crippen molar-refractivity contribution >= 4 is 11.6 Å². The lowest BCUT2D eigenvalue weighted by molar-refractivity contribution is -0.137. The number of nitrogens with zero attached hydrogens (tertiary/aromatic N) is 1. The van der Waals surface area contributed by atoms with Crippen molar-refractivity contribution in [1.29, 1.82) is 0 Å². The summed E-state index contributed by atoms with van der Waals surface area (Å²) in [7, 11) is 0. The summed E-state index contributed by atoms with van der Waals surface area (Å²) in [6.45, 7) is 3.77. The van der Waals surface area contributed by atoms with Gasteiger partial charge in [-0.25, -0.2) is 0 Å². The van der Waals surface area contributed by atoms with Crippen molar-refractivity contribution in [1.82, 2.24) is 5.32 Å². The second-order valence-corrected chi connectivity index (χ2v) is 4.19. The van der Waals surface area contributed by atoms with Crippen molar-refractivity contribution in [3.8, 4) is 0 Å². The van der Waals surface area contributed by atoms with Crippen LogP contribution in [0.25, 0.3) is 0 Å². The SMILES string of the molecule is C=CCNC1OCN(c2cccc(C(F)(F)F)c2)C1=O. The van der Waals surface area contributed by atoms with Crippen LogP contribution >= 0.6 is 0 Å². The number of halogens is 3. The van der Waals surface area contributed by atoms with Gasteiger partial charge in [0, 0.05) is 12.2 Å². The van der Waals surface area contributed by atoms with Gasteiger partial charge >= 0.3 is 6.18 Å². The Hall–Kier alpha value is -1.86. The third-order valence-corrected chi connectivity index (χ3v) is 2.79. The molecule has 1 amide bonds. The summed E-state index contributed by atoms with van der Waals surface area (Å²) in [6.07, 6.45) is -3.74. The van der Waals surface area contributed by atoms with E-state index in [9.17, 15) is 18.0 Å². The average Bonchev–Trinajstić information content (AvgIpc) is 2.77. The third-order valence-electron chi connectivity index (χ3n) is 2.79. The molecule has 1 aliphatic rings. The standard InChI is InChI=1S/C13H13F3N2O2/c1-2-6-17-11-12(19)18(8-20-11)10-5-3-4-9(7-10)13(14,15)16/h2-5,7,11,17H,1,6,8H2. The molecule has 1 atom stereocenters. The molecule has 4 nitrogen and oxygen atoms in total. The molecule has 0 saturated carbocycles. The molecule has 1 unspecified atom stereocenters. The van der Waals surface area contributed by atoms with E-state index in [-0.39, 0.29) is 12.4 Å². The summed E-state index contributed by atoms with van der Waals surface area (Å²) in [5.41, 5.74) is -0.641. The third kappa shape index (κ3) is 3.00. The zero-order valence-electron chi connectivity index (χ0n) is 10.5. The number of anilines is 1. The highest BCUT2D eigenvalue weighted by atomic mass is 19.4. The molecule has 20 heavy (non-hydrogen) atoms. The van der Waals surface area contributed by atoms with Gasteiger partial charge < -0.3 is 4.74 Å². The van der Waals surface area contributed by atoms with Crippen molar-refractivity contribution in [2.75, 3.05) is 18.2 Å². The first-order valence-electron chi connectivity index (χ1n) is 5.88. The number of carbonyl (C=O) groups excluding carboxylic acids is 1. The van der Waals surface area contributed by atoms with Crippen molar-refractivity contribution in [2.24, 2.45) is 0 Å². The van der Waals surface area contributed by atoms with Gasteiger partial charge in [-0.05, 0) is 18.2 Å². The van der Waals surface area contributed by atoms with Crippen LogP contribution in [0.3, 0.4) is 0 Å². The fourth-order valence-electron chi connectivity index (χ4n) is 1.81. The minimum atomic E-state index is -4.44. The van der Waals surface area contributed by atoms with Crippen LogP contribution in [0.5, 0.6) is 0 Å². The molecular weight excluding hydrogens is 273 g/mol. The predicted molar refractivity (Wildman–Crippen MR) is 66.9 cm³/mol. The second kappa shape index (κ2) is 5.64. The number of ether oxygens (including phenoxy) is 1. The number of carbonyl (C=O) groups is 1. The van der Waals surface area contributed by atoms with Crippen LogP contribution in [-0.2, 0) is 15.7 Å². The number of hydrogen-bond acceptors (Lipinski definition) is 3. The Bertz CT molecular complexity index is 517. The maximum atomic E-state index is 12.6. The zero-order chi connectivity index (χ0) is 14.8. The highest BCUT2D eigenvalue weighted by Gasteiger charge is 2.35. The summed E-state index contributed by atoms with van der Waals surface area (Å²) in [4.78, 5) is 13.2. The Balaban J connectivity index is 2.17. The summed E-state index contributed by atoms with van der Waals surface area (Å²) < 4.78 is 43.1. The Labute approximate surface area is 113 Å². The number of nitrogens with one attached hydrogen (secondary N) is 1. The van der Waals surface area contributed by atoms with Crippen LogP contribution in [0.4, 0.5) is 18.9 Å². The van der Waals surface area contributed by atoms with E-state index < -0.39 is 23.9 Å². The molecule has 0 spiro atoms. The average molecular weight is 286 g/mol. The van der Waals surface area contributed by atoms with Gasteiger partial charge in [-0.15, -0.1) is 6.58 Å². The van der Waals surface area contributed by atoms with Crippen molar-refractivity contribution in [3.05, 3.63) is 42.5 Å². The topological polar surface area (TPSA) is 41.6 Å². The quantitative estimate of drug-likeness (QED) is 0.862. The van der Waals surface area contributed by atoms with E-state index in [1.54, 1.807) is 6.08 Å². The monoisotopic (exact) mass is 286 g/mol. The molecule has 2 rings (SSSR count). The van der Waals surface area contributed by atoms with E-state index in [4.69, 9.17) is 4.74 Å². The van der Waals surface area contributed by atoms with Crippen LogP contribution in [-0.4, -0.2) is 25.4 Å². The first-order chi connectivity index (χ1) is 9.43. The molecule has 1 aliphatic heterocycles. The Morgan fingerprint density at radius 3 is 2.90 bits per heavy atom. The van der Waals surface area contributed by atoms with E-state index in [1.807, 2.05) is 0 Å². The fraction of sp³-hybridized carbons (Fsp3) is 0.308. The van der Waals surface area contributed by atoms with Crippen molar-refractivity contribution in [3.63, 3.8) is 0 Å². The fourth-order valence-corrected chi connectivity index (χ4v) is 1.81. The summed E-state index contributed by atoms with van der Waals surface area (Å²) in [6, 6.07) is 4.58. The van der Waals surface area contributed by atoms with Gasteiger partial charge in [0.25, 0.3) is 5.91 Å². The first-order valence-corrected chi connectivity index (χ1v) is 5.88. The van der Waals surface area contributed by atoms with Crippen molar-refractivity contribution < 1.29 is 22.7 Å². The van der Waals surface area contributed by atoms with Gasteiger partial charge in [-0.1, -0.05) is 12.1 Å². The normalized spacial score (nSPS) is 19.4. The Kier molecular flexibility index (Phi) is 4.10. The van der Waals surface area contributed by atoms with Crippen LogP contribution in [0, 0.1) is 0 Å². The van der Waals surface area contributed by atoms with Crippen LogP contribution < -0.4 is 10.2 Å². The number of benzene rings is 1. The summed E-state index contributed by atoms with van der Waals surface area (Å²) in [5, 5.41) is 2.77. The van der Waals surface area contributed by atoms with Gasteiger partial charge in [-0.2, -0.15) is 13.2 Å². The molecule has 0 radical (unpaired) electrons. The molecule has 0 aliphatic carbocycles. The highest BCUT2D eigenvalue weighted by Crippen LogP contribution is 2.32. The van der Waals surface area contributed by atoms with E-state index in [0.29, 0.717) is 6.54 Å². The minimum Gasteiger partial charge on any atom is -0.333 e. The number of hydrogen-bond donors (Lipinski definition) is 1. The smallest absolute Gasteiger partial charge is 0.333 e. The summed E-state index contributed by atoms with van der Waals surface area (Å²) >= 11 is 0. The molecule has 108 valence electrons. The van der Waals surface area contributed by atoms with Crippen LogP contribution in [0.1, 0.15) is 5.56 Å². The number of alkyl halides is 3. The van der Waals surface area contributed by atoms with Gasteiger partial charge in [0.1, 0.15) is 6.73 Å². The maximum Gasteiger partial charge on any atom is 0.416 e. The lowest BCUT2D eigenvalue weighted by Gasteiger charge is -2.16. The minimum absolute atomic E-state index is 0.0883. The van der Waals surface area contributed by atoms with Gasteiger partial charge in [0.15, 0.2) is 6.23 Å². The lowest BCUT2D eigenvalue weighted by atomic mass is 10.2. The first kappa shape index (κ1) is 14.5. The molecule has 1 N–H and O–H groups in total. The van der Waals surface area contributed by atoms with Crippen LogP contribution in [0.2, 0.25) is 0 Å². The van der Waals surface area contributed by atoms with E-state index in [2.05, 4.69) is 11.9 Å². The highest BCUT2D eigenvalue weighted by molar-refractivity contribution is 5.97. The summed E-state index contributed by atoms with van der Waals surface area (Å²) in [5.74, 6) is -0.425. The van der Waals surface area contributed by atoms with E-state index >= 15 is 0 Å². The largest absolute Gasteiger partial charge is 0.416 e. The molecule has 0 aromatic heterocycles. The van der Waals surface area contributed by atoms with Gasteiger partial charge in [0.05, 0.1) is 5.56 Å². The molecule has 1 aromatic rings. The molecule has 1 saturated heterocycles. The van der Waals surface area contributed by atoms with E-state index in [0.717, 1.165) is 17.0 Å². The molecule has 1 aromatic carbocycles. The van der Waals surface area contributed by atoms with Crippen LogP contribution in [0.15, 0.2) is 36.9 Å². The Morgan fingerprint density at radius 1 is 1.50 bits per heavy atom. The predicted octanol–water partition coefficient (Wildman–Crippen LogP) is 2.13. The molecule has 7 heteroatoms. The van der Waals surface area contributed by atoms with E-state index in [1.165, 1.54) is 12.1 Å². The van der Waals surface area contributed by atoms with Crippen molar-refractivity contribution in [2.45, 2.75) is 12.4 Å². The Morgan fingerprint density at radius 2 is 2.25 bits per heavy atom. The number of amides is 1. The molecule has 1 fully saturated rings. The van der Waals surface area contributed by atoms with Gasteiger partial charge in [0.2, 0.25) is 0 Å². The zero-order valence-corrected chi connectivity index (χ0v) is 10.5. The maximum absolute atomic E-state index is 12.6. The molecule has 0 bridgehead atoms. The number of rotatable bonds is 4.